The normalized spacial score (nSPS) is 10.7. The van der Waals surface area contributed by atoms with Crippen molar-refractivity contribution in [2.75, 3.05) is 0 Å². The van der Waals surface area contributed by atoms with Gasteiger partial charge in [0.15, 0.2) is 6.29 Å². The molecule has 0 spiro atoms. The topological polar surface area (TPSA) is 34.9 Å². The summed E-state index contributed by atoms with van der Waals surface area (Å²) in [4.78, 5) is 14.9. The minimum absolute atomic E-state index is 0.600. The summed E-state index contributed by atoms with van der Waals surface area (Å²) < 4.78 is 1.86. The van der Waals surface area contributed by atoms with Gasteiger partial charge in [0, 0.05) is 6.54 Å². The number of nitrogens with zero attached hydrogens (tertiary/aromatic N) is 2. The zero-order valence-electron chi connectivity index (χ0n) is 9.78. The lowest BCUT2D eigenvalue weighted by Crippen LogP contribution is -2.02. The number of hydrogen-bond acceptors (Lipinski definition) is 2. The van der Waals surface area contributed by atoms with Crippen LogP contribution in [0.3, 0.4) is 0 Å². The van der Waals surface area contributed by atoms with Crippen molar-refractivity contribution in [2.24, 2.45) is 0 Å². The van der Waals surface area contributed by atoms with Crippen molar-refractivity contribution in [3.63, 3.8) is 0 Å². The zero-order valence-corrected chi connectivity index (χ0v) is 9.78. The second kappa shape index (κ2) is 4.45. The van der Waals surface area contributed by atoms with E-state index in [1.54, 1.807) is 12.5 Å². The Morgan fingerprint density at radius 1 is 1.11 bits per heavy atom. The predicted octanol–water partition coefficient (Wildman–Crippen LogP) is 2.90. The summed E-state index contributed by atoms with van der Waals surface area (Å²) in [6.07, 6.45) is 4.10. The van der Waals surface area contributed by atoms with E-state index in [-0.39, 0.29) is 0 Å². The third kappa shape index (κ3) is 1.80. The molecule has 0 aliphatic rings. The molecule has 3 heteroatoms. The summed E-state index contributed by atoms with van der Waals surface area (Å²) in [5.41, 5.74) is 1.79. The molecule has 0 saturated heterocycles. The summed E-state index contributed by atoms with van der Waals surface area (Å²) in [6, 6.07) is 14.5. The number of aromatic nitrogens is 2. The van der Waals surface area contributed by atoms with Gasteiger partial charge in [-0.1, -0.05) is 42.5 Å². The van der Waals surface area contributed by atoms with Gasteiger partial charge < -0.3 is 4.57 Å². The molecule has 3 aromatic rings. The first kappa shape index (κ1) is 10.7. The number of rotatable bonds is 3. The first-order chi connectivity index (χ1) is 8.88. The Balaban J connectivity index is 2.07. The molecule has 0 fully saturated rings. The first-order valence-electron chi connectivity index (χ1n) is 5.80. The number of imidazole rings is 1. The maximum absolute atomic E-state index is 10.9. The van der Waals surface area contributed by atoms with Gasteiger partial charge >= 0.3 is 0 Å². The molecule has 3 rings (SSSR count). The van der Waals surface area contributed by atoms with E-state index in [4.69, 9.17) is 0 Å². The molecular weight excluding hydrogens is 224 g/mol. The molecule has 18 heavy (non-hydrogen) atoms. The van der Waals surface area contributed by atoms with Gasteiger partial charge in [0.2, 0.25) is 0 Å². The van der Waals surface area contributed by atoms with Gasteiger partial charge in [0.1, 0.15) is 5.69 Å². The third-order valence-electron chi connectivity index (χ3n) is 3.09. The highest BCUT2D eigenvalue weighted by Gasteiger charge is 2.04. The molecule has 0 radical (unpaired) electrons. The lowest BCUT2D eigenvalue weighted by atomic mass is 10.0. The summed E-state index contributed by atoms with van der Waals surface area (Å²) in [5.74, 6) is 0. The highest BCUT2D eigenvalue weighted by molar-refractivity contribution is 5.85. The molecule has 3 nitrogen and oxygen atoms in total. The van der Waals surface area contributed by atoms with Gasteiger partial charge in [-0.3, -0.25) is 4.79 Å². The summed E-state index contributed by atoms with van der Waals surface area (Å²) in [5, 5.41) is 2.42. The molecule has 2 aromatic carbocycles. The van der Waals surface area contributed by atoms with E-state index in [0.29, 0.717) is 12.2 Å². The smallest absolute Gasteiger partial charge is 0.168 e. The lowest BCUT2D eigenvalue weighted by Gasteiger charge is -2.08. The Hall–Kier alpha value is -2.42. The Kier molecular flexibility index (Phi) is 2.65. The first-order valence-corrected chi connectivity index (χ1v) is 5.80. The van der Waals surface area contributed by atoms with E-state index in [2.05, 4.69) is 29.2 Å². The average molecular weight is 236 g/mol. The molecule has 0 unspecified atom stereocenters. The van der Waals surface area contributed by atoms with Crippen molar-refractivity contribution in [3.8, 4) is 0 Å². The van der Waals surface area contributed by atoms with Crippen molar-refractivity contribution in [3.05, 3.63) is 66.2 Å². The molecule has 0 atom stereocenters. The molecule has 0 N–H and O–H groups in total. The van der Waals surface area contributed by atoms with Crippen molar-refractivity contribution < 1.29 is 4.79 Å². The molecule has 0 amide bonds. The van der Waals surface area contributed by atoms with E-state index in [9.17, 15) is 4.79 Å². The van der Waals surface area contributed by atoms with Crippen LogP contribution in [0.5, 0.6) is 0 Å². The fourth-order valence-electron chi connectivity index (χ4n) is 2.18. The molecule has 1 aromatic heterocycles. The number of hydrogen-bond donors (Lipinski definition) is 0. The summed E-state index contributed by atoms with van der Waals surface area (Å²) in [6.45, 7) is 0.662. The molecule has 0 bridgehead atoms. The minimum Gasteiger partial charge on any atom is -0.324 e. The van der Waals surface area contributed by atoms with Crippen molar-refractivity contribution in [1.29, 1.82) is 0 Å². The average Bonchev–Trinajstić information content (AvgIpc) is 2.86. The van der Waals surface area contributed by atoms with Crippen molar-refractivity contribution >= 4 is 17.1 Å². The molecule has 0 aliphatic carbocycles. The van der Waals surface area contributed by atoms with Crippen LogP contribution in [-0.2, 0) is 6.54 Å². The number of carbonyl (C=O) groups excluding carboxylic acids is 1. The monoisotopic (exact) mass is 236 g/mol. The second-order valence-corrected chi connectivity index (χ2v) is 4.20. The van der Waals surface area contributed by atoms with Crippen molar-refractivity contribution in [2.45, 2.75) is 6.54 Å². The van der Waals surface area contributed by atoms with Crippen molar-refractivity contribution in [1.82, 2.24) is 9.55 Å². The van der Waals surface area contributed by atoms with Crippen LogP contribution in [0.25, 0.3) is 10.8 Å². The molecular formula is C15H12N2O. The third-order valence-corrected chi connectivity index (χ3v) is 3.09. The highest BCUT2D eigenvalue weighted by Crippen LogP contribution is 2.19. The predicted molar refractivity (Wildman–Crippen MR) is 70.7 cm³/mol. The van der Waals surface area contributed by atoms with E-state index in [0.717, 1.165) is 6.29 Å². The maximum Gasteiger partial charge on any atom is 0.168 e. The largest absolute Gasteiger partial charge is 0.324 e. The summed E-state index contributed by atoms with van der Waals surface area (Å²) in [7, 11) is 0. The number of benzene rings is 2. The fraction of sp³-hybridized carbons (Fsp3) is 0.0667. The van der Waals surface area contributed by atoms with Crippen LogP contribution in [0.15, 0.2) is 55.0 Å². The van der Waals surface area contributed by atoms with Crippen LogP contribution in [0.2, 0.25) is 0 Å². The Morgan fingerprint density at radius 2 is 1.94 bits per heavy atom. The van der Waals surface area contributed by atoms with Gasteiger partial charge in [-0.25, -0.2) is 4.98 Å². The quantitative estimate of drug-likeness (QED) is 0.655. The Bertz CT molecular complexity index is 695. The van der Waals surface area contributed by atoms with Gasteiger partial charge in [-0.2, -0.15) is 0 Å². The molecule has 88 valence electrons. The van der Waals surface area contributed by atoms with Crippen LogP contribution in [0, 0.1) is 0 Å². The molecule has 0 saturated carbocycles. The van der Waals surface area contributed by atoms with Crippen LogP contribution in [0.1, 0.15) is 16.1 Å². The maximum atomic E-state index is 10.9. The Labute approximate surface area is 105 Å². The van der Waals surface area contributed by atoms with Gasteiger partial charge in [-0.15, -0.1) is 0 Å². The highest BCUT2D eigenvalue weighted by atomic mass is 16.1. The van der Waals surface area contributed by atoms with Crippen LogP contribution in [-0.4, -0.2) is 15.8 Å². The van der Waals surface area contributed by atoms with Gasteiger partial charge in [-0.05, 0) is 16.3 Å². The minimum atomic E-state index is 0.600. The number of fused-ring (bicyclic) bond motifs is 1. The second-order valence-electron chi connectivity index (χ2n) is 4.20. The van der Waals surface area contributed by atoms with E-state index < -0.39 is 0 Å². The van der Waals surface area contributed by atoms with Crippen LogP contribution < -0.4 is 0 Å². The molecule has 0 aliphatic heterocycles. The van der Waals surface area contributed by atoms with Crippen LogP contribution in [0.4, 0.5) is 0 Å². The van der Waals surface area contributed by atoms with E-state index in [1.807, 2.05) is 22.8 Å². The fourth-order valence-corrected chi connectivity index (χ4v) is 2.18. The SMILES string of the molecule is O=Cc1cncn1Cc1cccc2ccccc12. The number of aldehydes is 1. The molecule has 1 heterocycles. The van der Waals surface area contributed by atoms with Gasteiger partial charge in [0.25, 0.3) is 0 Å². The standard InChI is InChI=1S/C15H12N2O/c18-10-14-8-16-11-17(14)9-13-6-3-5-12-4-1-2-7-15(12)13/h1-8,10-11H,9H2. The number of carbonyl (C=O) groups is 1. The van der Waals surface area contributed by atoms with Crippen LogP contribution >= 0.6 is 0 Å². The lowest BCUT2D eigenvalue weighted by molar-refractivity contribution is 0.111. The Morgan fingerprint density at radius 3 is 2.83 bits per heavy atom. The van der Waals surface area contributed by atoms with E-state index >= 15 is 0 Å². The summed E-state index contributed by atoms with van der Waals surface area (Å²) >= 11 is 0. The van der Waals surface area contributed by atoms with Gasteiger partial charge in [0.05, 0.1) is 12.5 Å². The zero-order chi connectivity index (χ0) is 12.4. The van der Waals surface area contributed by atoms with E-state index in [1.165, 1.54) is 16.3 Å².